The Bertz CT molecular complexity index is 443. The first kappa shape index (κ1) is 12.0. The quantitative estimate of drug-likeness (QED) is 0.394. The Labute approximate surface area is 96.2 Å². The van der Waals surface area contributed by atoms with Crippen molar-refractivity contribution in [3.8, 4) is 0 Å². The molecule has 1 aromatic carbocycles. The maximum Gasteiger partial charge on any atom is 0.274 e. The summed E-state index contributed by atoms with van der Waals surface area (Å²) < 4.78 is 0. The number of nitrogens with zero attached hydrogens (tertiary/aromatic N) is 1. The number of hydrazone groups is 1. The lowest BCUT2D eigenvalue weighted by atomic mass is 10.3. The van der Waals surface area contributed by atoms with Crippen LogP contribution in [0, 0.1) is 0 Å². The van der Waals surface area contributed by atoms with Gasteiger partial charge in [-0.15, -0.1) is 0 Å². The molecule has 0 aromatic heterocycles. The zero-order chi connectivity index (χ0) is 12.1. The zero-order valence-electron chi connectivity index (χ0n) is 8.11. The lowest BCUT2D eigenvalue weighted by molar-refractivity contribution is -0.115. The summed E-state index contributed by atoms with van der Waals surface area (Å²) in [7, 11) is 0. The zero-order valence-corrected chi connectivity index (χ0v) is 8.86. The molecule has 84 valence electrons. The SMILES string of the molecule is NC(=O)C(=NNc1cccc(Cl)c1)C(N)=O. The molecule has 1 aromatic rings. The Morgan fingerprint density at radius 3 is 2.38 bits per heavy atom. The number of nitrogens with one attached hydrogen (secondary N) is 1. The number of rotatable bonds is 4. The number of hydrogen-bond donors (Lipinski definition) is 3. The minimum atomic E-state index is -0.998. The van der Waals surface area contributed by atoms with Crippen molar-refractivity contribution >= 4 is 34.8 Å². The number of halogens is 1. The highest BCUT2D eigenvalue weighted by atomic mass is 35.5. The molecule has 0 saturated heterocycles. The molecule has 0 saturated carbocycles. The minimum absolute atomic E-state index is 0.486. The normalized spacial score (nSPS) is 9.31. The number of hydrogen-bond acceptors (Lipinski definition) is 4. The molecule has 0 aliphatic heterocycles. The summed E-state index contributed by atoms with van der Waals surface area (Å²) >= 11 is 5.71. The van der Waals surface area contributed by atoms with Gasteiger partial charge in [0.1, 0.15) is 0 Å². The van der Waals surface area contributed by atoms with Gasteiger partial charge in [-0.3, -0.25) is 15.0 Å². The molecule has 5 N–H and O–H groups in total. The Morgan fingerprint density at radius 1 is 1.25 bits per heavy atom. The van der Waals surface area contributed by atoms with E-state index in [0.717, 1.165) is 0 Å². The average Bonchev–Trinajstić information content (AvgIpc) is 2.16. The fourth-order valence-electron chi connectivity index (χ4n) is 0.910. The van der Waals surface area contributed by atoms with E-state index in [4.69, 9.17) is 23.1 Å². The second-order valence-electron chi connectivity index (χ2n) is 2.81. The summed E-state index contributed by atoms with van der Waals surface area (Å²) in [6.45, 7) is 0. The minimum Gasteiger partial charge on any atom is -0.364 e. The van der Waals surface area contributed by atoms with Crippen LogP contribution < -0.4 is 16.9 Å². The maximum absolute atomic E-state index is 10.8. The van der Waals surface area contributed by atoms with Crippen LogP contribution in [0.2, 0.25) is 5.02 Å². The molecule has 0 spiro atoms. The third kappa shape index (κ3) is 3.25. The highest BCUT2D eigenvalue weighted by molar-refractivity contribution is 6.64. The summed E-state index contributed by atoms with van der Waals surface area (Å²) in [5.74, 6) is -2.00. The maximum atomic E-state index is 10.8. The molecule has 0 bridgehead atoms. The van der Waals surface area contributed by atoms with Crippen LogP contribution >= 0.6 is 11.6 Å². The van der Waals surface area contributed by atoms with Gasteiger partial charge >= 0.3 is 0 Å². The van der Waals surface area contributed by atoms with E-state index in [1.807, 2.05) is 0 Å². The average molecular weight is 241 g/mol. The number of primary amides is 2. The van der Waals surface area contributed by atoms with Gasteiger partial charge < -0.3 is 11.5 Å². The molecule has 1 rings (SSSR count). The fourth-order valence-corrected chi connectivity index (χ4v) is 1.10. The van der Waals surface area contributed by atoms with Crippen LogP contribution in [0.4, 0.5) is 5.69 Å². The summed E-state index contributed by atoms with van der Waals surface area (Å²) in [4.78, 5) is 21.5. The largest absolute Gasteiger partial charge is 0.364 e. The Hall–Kier alpha value is -2.08. The second-order valence-corrected chi connectivity index (χ2v) is 3.25. The number of carbonyl (C=O) groups excluding carboxylic acids is 2. The molecule has 0 radical (unpaired) electrons. The van der Waals surface area contributed by atoms with E-state index < -0.39 is 17.5 Å². The van der Waals surface area contributed by atoms with E-state index >= 15 is 0 Å². The van der Waals surface area contributed by atoms with E-state index in [2.05, 4.69) is 10.5 Å². The molecular weight excluding hydrogens is 232 g/mol. The van der Waals surface area contributed by atoms with Crippen LogP contribution in [0.1, 0.15) is 0 Å². The summed E-state index contributed by atoms with van der Waals surface area (Å²) in [6.07, 6.45) is 0. The van der Waals surface area contributed by atoms with Gasteiger partial charge in [0.2, 0.25) is 5.71 Å². The molecule has 0 unspecified atom stereocenters. The van der Waals surface area contributed by atoms with Crippen LogP contribution in [0.5, 0.6) is 0 Å². The molecular formula is C9H9ClN4O2. The van der Waals surface area contributed by atoms with Gasteiger partial charge in [0.15, 0.2) is 0 Å². The van der Waals surface area contributed by atoms with Crippen LogP contribution in [-0.2, 0) is 9.59 Å². The molecule has 16 heavy (non-hydrogen) atoms. The van der Waals surface area contributed by atoms with Crippen molar-refractivity contribution in [1.82, 2.24) is 0 Å². The predicted molar refractivity (Wildman–Crippen MR) is 60.9 cm³/mol. The standard InChI is InChI=1S/C9H9ClN4O2/c10-5-2-1-3-6(4-5)13-14-7(8(11)15)9(12)16/h1-4,13H,(H2,11,15)(H2,12,16). The van der Waals surface area contributed by atoms with Gasteiger partial charge in [-0.2, -0.15) is 5.10 Å². The lowest BCUT2D eigenvalue weighted by Crippen LogP contribution is -2.36. The number of benzene rings is 1. The van der Waals surface area contributed by atoms with Gasteiger partial charge in [0.25, 0.3) is 11.8 Å². The van der Waals surface area contributed by atoms with Crippen LogP contribution in [-0.4, -0.2) is 17.5 Å². The number of nitrogens with two attached hydrogens (primary N) is 2. The van der Waals surface area contributed by atoms with Crippen molar-refractivity contribution in [3.05, 3.63) is 29.3 Å². The third-order valence-electron chi connectivity index (χ3n) is 1.59. The van der Waals surface area contributed by atoms with E-state index in [1.165, 1.54) is 0 Å². The Kier molecular flexibility index (Phi) is 3.84. The predicted octanol–water partition coefficient (Wildman–Crippen LogP) is 0.0785. The molecule has 0 aliphatic rings. The van der Waals surface area contributed by atoms with E-state index in [1.54, 1.807) is 24.3 Å². The van der Waals surface area contributed by atoms with Crippen molar-refractivity contribution in [3.63, 3.8) is 0 Å². The number of carbonyl (C=O) groups is 2. The van der Waals surface area contributed by atoms with Gasteiger partial charge in [-0.25, -0.2) is 0 Å². The Balaban J connectivity index is 2.85. The highest BCUT2D eigenvalue weighted by Crippen LogP contribution is 2.14. The number of anilines is 1. The first-order valence-corrected chi connectivity index (χ1v) is 4.57. The van der Waals surface area contributed by atoms with Crippen LogP contribution in [0.3, 0.4) is 0 Å². The smallest absolute Gasteiger partial charge is 0.274 e. The summed E-state index contributed by atoms with van der Waals surface area (Å²) in [5.41, 5.74) is 12.2. The molecule has 6 nitrogen and oxygen atoms in total. The van der Waals surface area contributed by atoms with Crippen molar-refractivity contribution < 1.29 is 9.59 Å². The van der Waals surface area contributed by atoms with Crippen molar-refractivity contribution in [2.24, 2.45) is 16.6 Å². The van der Waals surface area contributed by atoms with Crippen molar-refractivity contribution in [1.29, 1.82) is 0 Å². The number of amides is 2. The molecule has 7 heteroatoms. The van der Waals surface area contributed by atoms with Crippen LogP contribution in [0.15, 0.2) is 29.4 Å². The third-order valence-corrected chi connectivity index (χ3v) is 1.82. The summed E-state index contributed by atoms with van der Waals surface area (Å²) in [6, 6.07) is 6.55. The van der Waals surface area contributed by atoms with Gasteiger partial charge in [0.05, 0.1) is 5.69 Å². The lowest BCUT2D eigenvalue weighted by Gasteiger charge is -2.01. The van der Waals surface area contributed by atoms with Gasteiger partial charge in [-0.05, 0) is 18.2 Å². The highest BCUT2D eigenvalue weighted by Gasteiger charge is 2.13. The molecule has 0 heterocycles. The summed E-state index contributed by atoms with van der Waals surface area (Å²) in [5, 5.41) is 3.98. The first-order chi connectivity index (χ1) is 7.50. The molecule has 0 aliphatic carbocycles. The molecule has 0 fully saturated rings. The van der Waals surface area contributed by atoms with E-state index in [-0.39, 0.29) is 0 Å². The van der Waals surface area contributed by atoms with E-state index in [9.17, 15) is 9.59 Å². The topological polar surface area (TPSA) is 111 Å². The molecule has 2 amide bonds. The van der Waals surface area contributed by atoms with E-state index in [0.29, 0.717) is 10.7 Å². The first-order valence-electron chi connectivity index (χ1n) is 4.19. The van der Waals surface area contributed by atoms with Crippen LogP contribution in [0.25, 0.3) is 0 Å². The molecule has 0 atom stereocenters. The van der Waals surface area contributed by atoms with Gasteiger partial charge in [0, 0.05) is 5.02 Å². The van der Waals surface area contributed by atoms with Crippen molar-refractivity contribution in [2.75, 3.05) is 5.43 Å². The van der Waals surface area contributed by atoms with Crippen molar-refractivity contribution in [2.45, 2.75) is 0 Å². The fraction of sp³-hybridized carbons (Fsp3) is 0. The second kappa shape index (κ2) is 5.13. The Morgan fingerprint density at radius 2 is 1.88 bits per heavy atom. The van der Waals surface area contributed by atoms with Gasteiger partial charge in [-0.1, -0.05) is 17.7 Å². The monoisotopic (exact) mass is 240 g/mol.